The number of aryl methyl sites for hydroxylation is 1. The molecule has 0 bridgehead atoms. The van der Waals surface area contributed by atoms with Gasteiger partial charge in [-0.3, -0.25) is 9.78 Å². The summed E-state index contributed by atoms with van der Waals surface area (Å²) in [5.74, 6) is 0.108. The van der Waals surface area contributed by atoms with Gasteiger partial charge in [0, 0.05) is 18.3 Å². The lowest BCUT2D eigenvalue weighted by Gasteiger charge is -2.24. The molecule has 1 aliphatic heterocycles. The highest BCUT2D eigenvalue weighted by atomic mass is 16.2. The Morgan fingerprint density at radius 3 is 2.80 bits per heavy atom. The topological polar surface area (TPSA) is 33.2 Å². The maximum atomic E-state index is 12.6. The number of hydrogen-bond donors (Lipinski definition) is 0. The third-order valence-electron chi connectivity index (χ3n) is 3.81. The van der Waals surface area contributed by atoms with Crippen molar-refractivity contribution >= 4 is 5.91 Å². The summed E-state index contributed by atoms with van der Waals surface area (Å²) in [5, 5.41) is 0. The van der Waals surface area contributed by atoms with E-state index in [1.807, 2.05) is 47.5 Å². The van der Waals surface area contributed by atoms with Crippen LogP contribution in [-0.4, -0.2) is 22.3 Å². The lowest BCUT2D eigenvalue weighted by atomic mass is 10.1. The second-order valence-corrected chi connectivity index (χ2v) is 5.28. The molecule has 0 aliphatic carbocycles. The molecule has 0 unspecified atom stereocenters. The first-order chi connectivity index (χ1) is 9.75. The van der Waals surface area contributed by atoms with Crippen molar-refractivity contribution in [3.8, 4) is 0 Å². The molecule has 3 rings (SSSR count). The normalized spacial score (nSPS) is 18.2. The molecule has 1 aromatic carbocycles. The summed E-state index contributed by atoms with van der Waals surface area (Å²) < 4.78 is 0. The lowest BCUT2D eigenvalue weighted by Crippen LogP contribution is -2.30. The fourth-order valence-electron chi connectivity index (χ4n) is 2.81. The Bertz CT molecular complexity index is 609. The van der Waals surface area contributed by atoms with Gasteiger partial charge in [0.15, 0.2) is 0 Å². The average Bonchev–Trinajstić information content (AvgIpc) is 2.97. The number of carbonyl (C=O) groups excluding carboxylic acids is 1. The van der Waals surface area contributed by atoms with Crippen molar-refractivity contribution in [2.75, 3.05) is 6.54 Å². The summed E-state index contributed by atoms with van der Waals surface area (Å²) in [4.78, 5) is 19.0. The molecule has 2 aromatic rings. The molecular formula is C17H18N2O. The molecule has 0 spiro atoms. The van der Waals surface area contributed by atoms with Gasteiger partial charge in [0.25, 0.3) is 5.91 Å². The van der Waals surface area contributed by atoms with Gasteiger partial charge in [0.2, 0.25) is 0 Å². The number of hydrogen-bond acceptors (Lipinski definition) is 2. The van der Waals surface area contributed by atoms with Crippen LogP contribution in [0.5, 0.6) is 0 Å². The minimum atomic E-state index is 0.108. The minimum absolute atomic E-state index is 0.108. The Hall–Kier alpha value is -2.16. The number of aromatic nitrogens is 1. The molecule has 1 fully saturated rings. The van der Waals surface area contributed by atoms with Crippen LogP contribution in [0.2, 0.25) is 0 Å². The number of carbonyl (C=O) groups is 1. The molecule has 3 heteroatoms. The van der Waals surface area contributed by atoms with Crippen LogP contribution in [0, 0.1) is 6.92 Å². The summed E-state index contributed by atoms with van der Waals surface area (Å²) in [6, 6.07) is 13.7. The second-order valence-electron chi connectivity index (χ2n) is 5.28. The second kappa shape index (κ2) is 5.45. The quantitative estimate of drug-likeness (QED) is 0.835. The molecule has 2 heterocycles. The van der Waals surface area contributed by atoms with E-state index < -0.39 is 0 Å². The highest BCUT2D eigenvalue weighted by Gasteiger charge is 2.31. The molecule has 1 saturated heterocycles. The van der Waals surface area contributed by atoms with Crippen molar-refractivity contribution in [1.82, 2.24) is 9.88 Å². The van der Waals surface area contributed by atoms with E-state index in [4.69, 9.17) is 0 Å². The Morgan fingerprint density at radius 1 is 1.25 bits per heavy atom. The largest absolute Gasteiger partial charge is 0.330 e. The number of rotatable bonds is 2. The molecule has 3 nitrogen and oxygen atoms in total. The van der Waals surface area contributed by atoms with E-state index in [1.54, 1.807) is 0 Å². The van der Waals surface area contributed by atoms with Gasteiger partial charge >= 0.3 is 0 Å². The van der Waals surface area contributed by atoms with Gasteiger partial charge in [-0.15, -0.1) is 0 Å². The van der Waals surface area contributed by atoms with Gasteiger partial charge in [0.1, 0.15) is 0 Å². The third-order valence-corrected chi connectivity index (χ3v) is 3.81. The minimum Gasteiger partial charge on any atom is -0.330 e. The Kier molecular flexibility index (Phi) is 3.50. The first kappa shape index (κ1) is 12.9. The molecule has 1 aliphatic rings. The Labute approximate surface area is 119 Å². The van der Waals surface area contributed by atoms with Crippen molar-refractivity contribution in [3.63, 3.8) is 0 Å². The number of benzene rings is 1. The number of amides is 1. The van der Waals surface area contributed by atoms with Crippen LogP contribution in [0.4, 0.5) is 0 Å². The maximum absolute atomic E-state index is 12.6. The summed E-state index contributed by atoms with van der Waals surface area (Å²) in [5.41, 5.74) is 2.95. The van der Waals surface area contributed by atoms with Crippen LogP contribution in [0.1, 0.15) is 40.5 Å². The first-order valence-electron chi connectivity index (χ1n) is 7.04. The molecule has 102 valence electrons. The first-order valence-corrected chi connectivity index (χ1v) is 7.04. The van der Waals surface area contributed by atoms with E-state index in [1.165, 1.54) is 5.56 Å². The average molecular weight is 266 g/mol. The third kappa shape index (κ3) is 2.44. The standard InChI is InChI=1S/C17H18N2O/c1-13-9-10-18-15(12-13)16-8-5-11-19(16)17(20)14-6-3-2-4-7-14/h2-4,6-7,9-10,12,16H,5,8,11H2,1H3/t16-/m1/s1. The Balaban J connectivity index is 1.88. The zero-order valence-electron chi connectivity index (χ0n) is 11.6. The molecule has 0 N–H and O–H groups in total. The van der Waals surface area contributed by atoms with Crippen molar-refractivity contribution in [2.24, 2.45) is 0 Å². The predicted molar refractivity (Wildman–Crippen MR) is 78.4 cm³/mol. The molecule has 20 heavy (non-hydrogen) atoms. The summed E-state index contributed by atoms with van der Waals surface area (Å²) >= 11 is 0. The van der Waals surface area contributed by atoms with Gasteiger partial charge in [-0.05, 0) is 49.6 Å². The van der Waals surface area contributed by atoms with Crippen LogP contribution in [0.15, 0.2) is 48.7 Å². The molecule has 1 atom stereocenters. The fraction of sp³-hybridized carbons (Fsp3) is 0.294. The highest BCUT2D eigenvalue weighted by molar-refractivity contribution is 5.94. The smallest absolute Gasteiger partial charge is 0.254 e. The van der Waals surface area contributed by atoms with Crippen LogP contribution >= 0.6 is 0 Å². The van der Waals surface area contributed by atoms with Crippen LogP contribution in [-0.2, 0) is 0 Å². The van der Waals surface area contributed by atoms with Crippen LogP contribution in [0.3, 0.4) is 0 Å². The van der Waals surface area contributed by atoms with Crippen LogP contribution < -0.4 is 0 Å². The van der Waals surface area contributed by atoms with Crippen molar-refractivity contribution in [3.05, 3.63) is 65.5 Å². The zero-order valence-corrected chi connectivity index (χ0v) is 11.6. The van der Waals surface area contributed by atoms with Crippen molar-refractivity contribution in [1.29, 1.82) is 0 Å². The van der Waals surface area contributed by atoms with Gasteiger partial charge < -0.3 is 4.90 Å². The van der Waals surface area contributed by atoms with Gasteiger partial charge in [-0.25, -0.2) is 0 Å². The van der Waals surface area contributed by atoms with E-state index in [0.717, 1.165) is 30.6 Å². The van der Waals surface area contributed by atoms with Crippen molar-refractivity contribution in [2.45, 2.75) is 25.8 Å². The number of likely N-dealkylation sites (tertiary alicyclic amines) is 1. The van der Waals surface area contributed by atoms with Gasteiger partial charge in [-0.2, -0.15) is 0 Å². The highest BCUT2D eigenvalue weighted by Crippen LogP contribution is 2.32. The summed E-state index contributed by atoms with van der Waals surface area (Å²) in [7, 11) is 0. The molecule has 0 saturated carbocycles. The van der Waals surface area contributed by atoms with E-state index in [9.17, 15) is 4.79 Å². The van der Waals surface area contributed by atoms with E-state index in [0.29, 0.717) is 0 Å². The van der Waals surface area contributed by atoms with Gasteiger partial charge in [0.05, 0.1) is 11.7 Å². The molecular weight excluding hydrogens is 248 g/mol. The molecule has 0 radical (unpaired) electrons. The SMILES string of the molecule is Cc1ccnc([C@H]2CCCN2C(=O)c2ccccc2)c1. The van der Waals surface area contributed by atoms with E-state index in [-0.39, 0.29) is 11.9 Å². The van der Waals surface area contributed by atoms with Crippen LogP contribution in [0.25, 0.3) is 0 Å². The van der Waals surface area contributed by atoms with E-state index in [2.05, 4.69) is 18.0 Å². The summed E-state index contributed by atoms with van der Waals surface area (Å²) in [6.45, 7) is 2.87. The number of pyridine rings is 1. The maximum Gasteiger partial charge on any atom is 0.254 e. The molecule has 1 amide bonds. The lowest BCUT2D eigenvalue weighted by molar-refractivity contribution is 0.0733. The zero-order chi connectivity index (χ0) is 13.9. The van der Waals surface area contributed by atoms with Crippen molar-refractivity contribution < 1.29 is 4.79 Å². The Morgan fingerprint density at radius 2 is 2.05 bits per heavy atom. The summed E-state index contributed by atoms with van der Waals surface area (Å²) in [6.07, 6.45) is 3.86. The van der Waals surface area contributed by atoms with Gasteiger partial charge in [-0.1, -0.05) is 18.2 Å². The fourth-order valence-corrected chi connectivity index (χ4v) is 2.81. The monoisotopic (exact) mass is 266 g/mol. The molecule has 1 aromatic heterocycles. The number of nitrogens with zero attached hydrogens (tertiary/aromatic N) is 2. The predicted octanol–water partition coefficient (Wildman–Crippen LogP) is 3.37. The van der Waals surface area contributed by atoms with E-state index >= 15 is 0 Å².